The fourth-order valence-corrected chi connectivity index (χ4v) is 12.5. The molecule has 53 heavy (non-hydrogen) atoms. The average molecular weight is 800 g/mol. The second-order valence-corrected chi connectivity index (χ2v) is 17.5. The summed E-state index contributed by atoms with van der Waals surface area (Å²) in [4.78, 5) is 66.2. The average Bonchev–Trinajstić information content (AvgIpc) is 3.26. The zero-order valence-corrected chi connectivity index (χ0v) is 33.2. The summed E-state index contributed by atoms with van der Waals surface area (Å²) in [6.45, 7) is 14.6. The van der Waals surface area contributed by atoms with Crippen LogP contribution in [0.15, 0.2) is 52.5 Å². The number of hydrogen-bond acceptors (Lipinski definition) is 11. The normalized spacial score (nSPS) is 39.6. The summed E-state index contributed by atoms with van der Waals surface area (Å²) in [5.74, 6) is -3.76. The molecule has 1 N–H and O–H groups in total. The number of hydrogen-bond donors (Lipinski definition) is 1. The van der Waals surface area contributed by atoms with Gasteiger partial charge in [-0.2, -0.15) is 0 Å². The van der Waals surface area contributed by atoms with Crippen LogP contribution in [0.1, 0.15) is 96.8 Å². The molecular weight excluding hydrogens is 748 g/mol. The molecule has 11 atom stereocenters. The Balaban J connectivity index is 1.50. The number of methoxy groups -OCH3 is 1. The molecule has 1 aliphatic heterocycles. The lowest BCUT2D eigenvalue weighted by atomic mass is 9.33. The van der Waals surface area contributed by atoms with Gasteiger partial charge in [0.05, 0.1) is 29.3 Å². The van der Waals surface area contributed by atoms with E-state index in [1.807, 2.05) is 19.9 Å². The Morgan fingerprint density at radius 2 is 1.58 bits per heavy atom. The summed E-state index contributed by atoms with van der Waals surface area (Å²) in [5, 5.41) is 13.3. The van der Waals surface area contributed by atoms with Crippen molar-refractivity contribution in [1.29, 1.82) is 0 Å². The van der Waals surface area contributed by atoms with Crippen molar-refractivity contribution in [3.8, 4) is 0 Å². The molecule has 3 saturated carbocycles. The fraction of sp³-hybridized carbons (Fsp3) is 0.634. The first-order valence-corrected chi connectivity index (χ1v) is 19.3. The topological polar surface area (TPSA) is 152 Å². The van der Waals surface area contributed by atoms with E-state index in [4.69, 9.17) is 23.7 Å². The standard InChI is InChI=1S/C41H51BrO11/c1-22-19-27(36(47)49-8)39(7)34(53-25(4)44)33(52-24(3)43)38(6)29-16-18-40(23(2)51-35(46)26-11-9-10-12-28(26)42)21-50-32(45)14-13-30(40)37(29,5)17-15-31(38)41(39,48)20-22/h9-12,19,23,29-31,33-34,48H,1,13-18,20-21H2,2-8H3/t23?,29?,30-,31?,33+,34-,37+,38+,39+,40-,41+/m0/s1. The molecule has 0 radical (unpaired) electrons. The zero-order valence-electron chi connectivity index (χ0n) is 31.6. The smallest absolute Gasteiger partial charge is 0.339 e. The van der Waals surface area contributed by atoms with Crippen molar-refractivity contribution < 1.29 is 52.8 Å². The Kier molecular flexibility index (Phi) is 10.1. The van der Waals surface area contributed by atoms with Gasteiger partial charge in [-0.15, -0.1) is 0 Å². The third-order valence-electron chi connectivity index (χ3n) is 14.3. The minimum atomic E-state index is -1.67. The third kappa shape index (κ3) is 5.79. The third-order valence-corrected chi connectivity index (χ3v) is 15.0. The van der Waals surface area contributed by atoms with Crippen LogP contribution in [0.5, 0.6) is 0 Å². The molecule has 1 heterocycles. The molecule has 1 saturated heterocycles. The molecule has 0 spiro atoms. The van der Waals surface area contributed by atoms with E-state index in [0.717, 1.165) is 0 Å². The highest BCUT2D eigenvalue weighted by Gasteiger charge is 2.78. The number of allylic oxidation sites excluding steroid dienone is 1. The summed E-state index contributed by atoms with van der Waals surface area (Å²) in [6, 6.07) is 7.05. The van der Waals surface area contributed by atoms with Crippen LogP contribution in [0.2, 0.25) is 0 Å². The van der Waals surface area contributed by atoms with Crippen LogP contribution in [-0.2, 0) is 42.9 Å². The number of ether oxygens (including phenoxy) is 5. The summed E-state index contributed by atoms with van der Waals surface area (Å²) in [6.07, 6.45) is 1.43. The Labute approximate surface area is 319 Å². The van der Waals surface area contributed by atoms with Crippen LogP contribution in [0.25, 0.3) is 0 Å². The Bertz CT molecular complexity index is 1770. The molecule has 288 valence electrons. The molecule has 4 fully saturated rings. The number of cyclic esters (lactones) is 1. The molecule has 5 aliphatic rings. The first-order chi connectivity index (χ1) is 24.8. The highest BCUT2D eigenvalue weighted by atomic mass is 79.9. The second kappa shape index (κ2) is 13.7. The summed E-state index contributed by atoms with van der Waals surface area (Å²) < 4.78 is 30.4. The summed E-state index contributed by atoms with van der Waals surface area (Å²) >= 11 is 3.46. The number of aliphatic hydroxyl groups is 1. The van der Waals surface area contributed by atoms with Gasteiger partial charge in [-0.05, 0) is 103 Å². The van der Waals surface area contributed by atoms with Crippen molar-refractivity contribution in [2.24, 2.45) is 39.4 Å². The molecule has 6 rings (SSSR count). The van der Waals surface area contributed by atoms with Crippen molar-refractivity contribution in [3.05, 3.63) is 58.1 Å². The van der Waals surface area contributed by atoms with E-state index in [1.54, 1.807) is 31.2 Å². The van der Waals surface area contributed by atoms with E-state index in [-0.39, 0.29) is 42.8 Å². The van der Waals surface area contributed by atoms with Crippen LogP contribution < -0.4 is 0 Å². The minimum Gasteiger partial charge on any atom is -0.466 e. The van der Waals surface area contributed by atoms with E-state index in [9.17, 15) is 29.1 Å². The predicted molar refractivity (Wildman–Crippen MR) is 195 cm³/mol. The van der Waals surface area contributed by atoms with Gasteiger partial charge in [-0.3, -0.25) is 14.4 Å². The highest BCUT2D eigenvalue weighted by molar-refractivity contribution is 9.10. The van der Waals surface area contributed by atoms with Gasteiger partial charge in [-0.1, -0.05) is 38.1 Å². The Morgan fingerprint density at radius 1 is 0.943 bits per heavy atom. The van der Waals surface area contributed by atoms with Gasteiger partial charge in [-0.25, -0.2) is 9.59 Å². The molecule has 1 aromatic carbocycles. The van der Waals surface area contributed by atoms with E-state index in [0.29, 0.717) is 47.7 Å². The maximum atomic E-state index is 13.6. The van der Waals surface area contributed by atoms with Gasteiger partial charge in [0.1, 0.15) is 18.8 Å². The molecule has 1 aromatic rings. The number of halogens is 1. The van der Waals surface area contributed by atoms with Gasteiger partial charge in [0.25, 0.3) is 0 Å². The molecule has 12 heteroatoms. The SMILES string of the molecule is C=C1C=C(C(=O)OC)[C@]2(C)[C@@H](OC(C)=O)[C@@H](OC(C)=O)[C@@]3(C)C(CC[C@]4(C)C3CC[C@@]3(C(C)OC(=O)c5ccccc5Br)COC(=O)CC[C@H]34)[C@]2(O)C1. The molecule has 0 aromatic heterocycles. The van der Waals surface area contributed by atoms with Gasteiger partial charge in [0.15, 0.2) is 6.10 Å². The highest BCUT2D eigenvalue weighted by Crippen LogP contribution is 2.75. The Hall–Kier alpha value is -3.51. The van der Waals surface area contributed by atoms with E-state index in [2.05, 4.69) is 29.4 Å². The Morgan fingerprint density at radius 3 is 2.23 bits per heavy atom. The molecule has 0 bridgehead atoms. The van der Waals surface area contributed by atoms with E-state index < -0.39 is 75.4 Å². The predicted octanol–water partition coefficient (Wildman–Crippen LogP) is 6.44. The van der Waals surface area contributed by atoms with Crippen molar-refractivity contribution in [1.82, 2.24) is 0 Å². The largest absolute Gasteiger partial charge is 0.466 e. The lowest BCUT2D eigenvalue weighted by Gasteiger charge is -2.73. The lowest BCUT2D eigenvalue weighted by molar-refractivity contribution is -0.321. The maximum Gasteiger partial charge on any atom is 0.339 e. The van der Waals surface area contributed by atoms with Gasteiger partial charge >= 0.3 is 29.8 Å². The first-order valence-electron chi connectivity index (χ1n) is 18.5. The van der Waals surface area contributed by atoms with E-state index in [1.165, 1.54) is 21.0 Å². The number of fused-ring (bicyclic) bond motifs is 7. The quantitative estimate of drug-likeness (QED) is 0.250. The van der Waals surface area contributed by atoms with Crippen LogP contribution in [-0.4, -0.2) is 72.6 Å². The number of benzene rings is 1. The number of carbonyl (C=O) groups excluding carboxylic acids is 5. The van der Waals surface area contributed by atoms with Crippen molar-refractivity contribution >= 4 is 45.8 Å². The van der Waals surface area contributed by atoms with Gasteiger partial charge < -0.3 is 28.8 Å². The lowest BCUT2D eigenvalue weighted by Crippen LogP contribution is -2.78. The van der Waals surface area contributed by atoms with Crippen molar-refractivity contribution in [2.75, 3.05) is 13.7 Å². The molecule has 4 aliphatic carbocycles. The molecule has 3 unspecified atom stereocenters. The molecule has 11 nitrogen and oxygen atoms in total. The number of rotatable bonds is 6. The van der Waals surface area contributed by atoms with E-state index >= 15 is 0 Å². The van der Waals surface area contributed by atoms with Crippen LogP contribution in [0, 0.1) is 39.4 Å². The van der Waals surface area contributed by atoms with Crippen LogP contribution in [0.3, 0.4) is 0 Å². The van der Waals surface area contributed by atoms with Crippen LogP contribution in [0.4, 0.5) is 0 Å². The minimum absolute atomic E-state index is 0.0714. The van der Waals surface area contributed by atoms with Crippen LogP contribution >= 0.6 is 15.9 Å². The zero-order chi connectivity index (χ0) is 38.9. The van der Waals surface area contributed by atoms with Gasteiger partial charge in [0, 0.05) is 42.0 Å². The van der Waals surface area contributed by atoms with Crippen molar-refractivity contribution in [3.63, 3.8) is 0 Å². The first kappa shape index (κ1) is 39.2. The number of esters is 5. The molecule has 0 amide bonds. The van der Waals surface area contributed by atoms with Gasteiger partial charge in [0.2, 0.25) is 0 Å². The summed E-state index contributed by atoms with van der Waals surface area (Å²) in [7, 11) is 1.25. The number of carbonyl (C=O) groups is 5. The fourth-order valence-electron chi connectivity index (χ4n) is 12.0. The molecular formula is C41H51BrO11. The summed E-state index contributed by atoms with van der Waals surface area (Å²) in [5.41, 5.74) is -4.51. The maximum absolute atomic E-state index is 13.6. The monoisotopic (exact) mass is 798 g/mol. The van der Waals surface area contributed by atoms with Crippen molar-refractivity contribution in [2.45, 2.75) is 110 Å². The second-order valence-electron chi connectivity index (χ2n) is 16.6.